The lowest BCUT2D eigenvalue weighted by atomic mass is 9.94. The highest BCUT2D eigenvalue weighted by Gasteiger charge is 2.39. The minimum atomic E-state index is -0.331. The highest BCUT2D eigenvalue weighted by Crippen LogP contribution is 2.33. The lowest BCUT2D eigenvalue weighted by molar-refractivity contribution is -0.134. The molecule has 3 atom stereocenters. The van der Waals surface area contributed by atoms with Crippen LogP contribution in [0.3, 0.4) is 0 Å². The summed E-state index contributed by atoms with van der Waals surface area (Å²) < 4.78 is 12.3. The summed E-state index contributed by atoms with van der Waals surface area (Å²) in [7, 11) is 1.79. The van der Waals surface area contributed by atoms with Crippen molar-refractivity contribution in [3.63, 3.8) is 0 Å². The number of likely N-dealkylation sites (N-methyl/N-ethyl adjacent to an activating group) is 1. The standard InChI is InChI=1S/C29H36N4O5/c1-33-24-8-7-22(17-27(34)31-15-12-19-10-13-30-14-11-19)38-26(24)18-37-25-9-6-21(16-23(25)29(33)36)32-28(35)20-4-2-3-5-20/h6,9-11,13-14,16,20,22,24,26H,2-5,7-8,12,15,17-18H2,1H3,(H,31,34)(H,32,35)/t22-,24+,26+/m1/s1. The third kappa shape index (κ3) is 6.15. The van der Waals surface area contributed by atoms with Gasteiger partial charge in [-0.1, -0.05) is 12.8 Å². The fourth-order valence-electron chi connectivity index (χ4n) is 5.71. The first kappa shape index (κ1) is 26.2. The number of fused-ring (bicyclic) bond motifs is 2. The fourth-order valence-corrected chi connectivity index (χ4v) is 5.71. The van der Waals surface area contributed by atoms with E-state index in [9.17, 15) is 14.4 Å². The number of anilines is 1. The van der Waals surface area contributed by atoms with E-state index in [1.807, 2.05) is 12.1 Å². The van der Waals surface area contributed by atoms with Gasteiger partial charge in [-0.15, -0.1) is 0 Å². The molecule has 1 saturated heterocycles. The van der Waals surface area contributed by atoms with Gasteiger partial charge in [0, 0.05) is 37.6 Å². The number of carbonyl (C=O) groups is 3. The van der Waals surface area contributed by atoms with Gasteiger partial charge in [0.05, 0.1) is 24.1 Å². The minimum Gasteiger partial charge on any atom is -0.490 e. The Labute approximate surface area is 223 Å². The molecule has 9 nitrogen and oxygen atoms in total. The molecule has 9 heteroatoms. The van der Waals surface area contributed by atoms with E-state index in [-0.39, 0.29) is 54.9 Å². The Bertz CT molecular complexity index is 1150. The van der Waals surface area contributed by atoms with Crippen molar-refractivity contribution in [2.45, 2.75) is 69.6 Å². The summed E-state index contributed by atoms with van der Waals surface area (Å²) in [5.41, 5.74) is 2.17. The van der Waals surface area contributed by atoms with E-state index in [1.165, 1.54) is 0 Å². The number of rotatable bonds is 7. The van der Waals surface area contributed by atoms with Crippen LogP contribution < -0.4 is 15.4 Å². The molecule has 0 radical (unpaired) electrons. The van der Waals surface area contributed by atoms with Gasteiger partial charge in [0.1, 0.15) is 18.5 Å². The average Bonchev–Trinajstić information content (AvgIpc) is 3.47. The predicted octanol–water partition coefficient (Wildman–Crippen LogP) is 3.34. The van der Waals surface area contributed by atoms with Crippen LogP contribution in [0, 0.1) is 5.92 Å². The van der Waals surface area contributed by atoms with Crippen LogP contribution in [0.25, 0.3) is 0 Å². The second-order valence-corrected chi connectivity index (χ2v) is 10.5. The van der Waals surface area contributed by atoms with Crippen molar-refractivity contribution in [2.75, 3.05) is 25.5 Å². The molecule has 2 N–H and O–H groups in total. The third-order valence-corrected chi connectivity index (χ3v) is 7.90. The highest BCUT2D eigenvalue weighted by molar-refractivity contribution is 6.00. The number of amides is 3. The second kappa shape index (κ2) is 11.9. The van der Waals surface area contributed by atoms with Crippen LogP contribution in [0.2, 0.25) is 0 Å². The van der Waals surface area contributed by atoms with E-state index >= 15 is 0 Å². The number of hydrogen-bond acceptors (Lipinski definition) is 6. The van der Waals surface area contributed by atoms with Crippen LogP contribution >= 0.6 is 0 Å². The molecular formula is C29H36N4O5. The van der Waals surface area contributed by atoms with Crippen molar-refractivity contribution in [3.8, 4) is 5.75 Å². The number of hydrogen-bond donors (Lipinski definition) is 2. The van der Waals surface area contributed by atoms with Crippen molar-refractivity contribution >= 4 is 23.4 Å². The van der Waals surface area contributed by atoms with E-state index in [4.69, 9.17) is 9.47 Å². The summed E-state index contributed by atoms with van der Waals surface area (Å²) in [5.74, 6) is 0.323. The summed E-state index contributed by atoms with van der Waals surface area (Å²) in [6, 6.07) is 8.95. The van der Waals surface area contributed by atoms with Crippen molar-refractivity contribution in [2.24, 2.45) is 5.92 Å². The molecule has 1 aliphatic carbocycles. The maximum absolute atomic E-state index is 13.4. The number of nitrogens with one attached hydrogen (secondary N) is 2. The molecule has 38 heavy (non-hydrogen) atoms. The van der Waals surface area contributed by atoms with E-state index in [0.717, 1.165) is 44.1 Å². The zero-order chi connectivity index (χ0) is 26.5. The SMILES string of the molecule is CN1C(=O)c2cc(NC(=O)C3CCCC3)ccc2OC[C@@H]2O[C@@H](CC(=O)NCCc3ccncc3)CC[C@@H]21. The summed E-state index contributed by atoms with van der Waals surface area (Å²) in [5, 5.41) is 5.95. The summed E-state index contributed by atoms with van der Waals surface area (Å²) in [4.78, 5) is 44.3. The van der Waals surface area contributed by atoms with Gasteiger partial charge in [0.25, 0.3) is 5.91 Å². The molecular weight excluding hydrogens is 484 g/mol. The molecule has 1 aromatic heterocycles. The van der Waals surface area contributed by atoms with Crippen molar-refractivity contribution in [3.05, 3.63) is 53.9 Å². The Morgan fingerprint density at radius 2 is 1.87 bits per heavy atom. The highest BCUT2D eigenvalue weighted by atomic mass is 16.5. The zero-order valence-corrected chi connectivity index (χ0v) is 21.9. The molecule has 1 aromatic carbocycles. The number of pyridine rings is 1. The van der Waals surface area contributed by atoms with E-state index < -0.39 is 0 Å². The zero-order valence-electron chi connectivity index (χ0n) is 21.9. The fraction of sp³-hybridized carbons (Fsp3) is 0.517. The molecule has 0 unspecified atom stereocenters. The van der Waals surface area contributed by atoms with Crippen molar-refractivity contribution < 1.29 is 23.9 Å². The Morgan fingerprint density at radius 1 is 1.08 bits per heavy atom. The molecule has 5 rings (SSSR count). The van der Waals surface area contributed by atoms with Gasteiger partial charge in [0.15, 0.2) is 0 Å². The molecule has 0 bridgehead atoms. The van der Waals surface area contributed by atoms with E-state index in [1.54, 1.807) is 42.5 Å². The van der Waals surface area contributed by atoms with Gasteiger partial charge >= 0.3 is 0 Å². The largest absolute Gasteiger partial charge is 0.490 e. The van der Waals surface area contributed by atoms with Gasteiger partial charge in [-0.25, -0.2) is 0 Å². The third-order valence-electron chi connectivity index (χ3n) is 7.90. The normalized spacial score (nSPS) is 23.4. The quantitative estimate of drug-likeness (QED) is 0.580. The van der Waals surface area contributed by atoms with Crippen LogP contribution in [0.5, 0.6) is 5.75 Å². The minimum absolute atomic E-state index is 0.0169. The number of carbonyl (C=O) groups excluding carboxylic acids is 3. The Morgan fingerprint density at radius 3 is 2.66 bits per heavy atom. The first-order chi connectivity index (χ1) is 18.5. The summed E-state index contributed by atoms with van der Waals surface area (Å²) >= 11 is 0. The lowest BCUT2D eigenvalue weighted by Gasteiger charge is -2.42. The maximum Gasteiger partial charge on any atom is 0.257 e. The second-order valence-electron chi connectivity index (χ2n) is 10.5. The molecule has 3 aliphatic rings. The van der Waals surface area contributed by atoms with E-state index in [0.29, 0.717) is 30.0 Å². The topological polar surface area (TPSA) is 110 Å². The lowest BCUT2D eigenvalue weighted by Crippen LogP contribution is -2.54. The molecule has 1 saturated carbocycles. The smallest absolute Gasteiger partial charge is 0.257 e. The van der Waals surface area contributed by atoms with Crippen molar-refractivity contribution in [1.29, 1.82) is 0 Å². The van der Waals surface area contributed by atoms with Crippen molar-refractivity contribution in [1.82, 2.24) is 15.2 Å². The Balaban J connectivity index is 1.17. The molecule has 2 aliphatic heterocycles. The molecule has 3 amide bonds. The first-order valence-electron chi connectivity index (χ1n) is 13.6. The molecule has 3 heterocycles. The number of benzene rings is 1. The van der Waals surface area contributed by atoms with Gasteiger partial charge in [-0.05, 0) is 68.0 Å². The molecule has 2 aromatic rings. The summed E-state index contributed by atoms with van der Waals surface area (Å²) in [6.45, 7) is 0.838. The van der Waals surface area contributed by atoms with Gasteiger partial charge in [-0.3, -0.25) is 19.4 Å². The number of nitrogens with zero attached hydrogens (tertiary/aromatic N) is 2. The Hall–Kier alpha value is -3.46. The maximum atomic E-state index is 13.4. The first-order valence-corrected chi connectivity index (χ1v) is 13.6. The van der Waals surface area contributed by atoms with Crippen LogP contribution in [-0.2, 0) is 20.7 Å². The molecule has 2 fully saturated rings. The number of ether oxygens (including phenoxy) is 2. The van der Waals surface area contributed by atoms with Crippen LogP contribution in [0.4, 0.5) is 5.69 Å². The molecule has 202 valence electrons. The monoisotopic (exact) mass is 520 g/mol. The average molecular weight is 521 g/mol. The van der Waals surface area contributed by atoms with Gasteiger partial charge < -0.3 is 25.0 Å². The Kier molecular flexibility index (Phi) is 8.22. The number of aromatic nitrogens is 1. The van der Waals surface area contributed by atoms with E-state index in [2.05, 4.69) is 15.6 Å². The molecule has 0 spiro atoms. The van der Waals surface area contributed by atoms with Crippen LogP contribution in [-0.4, -0.2) is 66.1 Å². The van der Waals surface area contributed by atoms with Gasteiger partial charge in [-0.2, -0.15) is 0 Å². The predicted molar refractivity (Wildman–Crippen MR) is 142 cm³/mol. The van der Waals surface area contributed by atoms with Gasteiger partial charge in [0.2, 0.25) is 11.8 Å². The van der Waals surface area contributed by atoms with Crippen LogP contribution in [0.15, 0.2) is 42.7 Å². The van der Waals surface area contributed by atoms with Crippen LogP contribution in [0.1, 0.15) is 60.9 Å². The summed E-state index contributed by atoms with van der Waals surface area (Å²) in [6.07, 6.45) is 9.36.